The third-order valence-corrected chi connectivity index (χ3v) is 4.25. The van der Waals surface area contributed by atoms with Crippen molar-refractivity contribution in [3.63, 3.8) is 0 Å². The highest BCUT2D eigenvalue weighted by atomic mass is 16.5. The minimum atomic E-state index is -0.697. The zero-order valence-electron chi connectivity index (χ0n) is 14.7. The Balaban J connectivity index is 2.28. The van der Waals surface area contributed by atoms with E-state index in [4.69, 9.17) is 4.74 Å². The molecule has 0 aliphatic carbocycles. The van der Waals surface area contributed by atoms with Gasteiger partial charge in [0.05, 0.1) is 6.04 Å². The first-order valence-corrected chi connectivity index (χ1v) is 8.40. The van der Waals surface area contributed by atoms with Crippen LogP contribution in [0.5, 0.6) is 0 Å². The van der Waals surface area contributed by atoms with E-state index in [1.165, 1.54) is 6.08 Å². The average molecular weight is 343 g/mol. The topological polar surface area (TPSA) is 70.7 Å². The zero-order chi connectivity index (χ0) is 18.4. The highest BCUT2D eigenvalue weighted by Gasteiger charge is 2.38. The van der Waals surface area contributed by atoms with E-state index < -0.39 is 17.9 Å². The molecule has 1 heterocycles. The van der Waals surface area contributed by atoms with Gasteiger partial charge in [-0.3, -0.25) is 4.79 Å². The Morgan fingerprint density at radius 2 is 1.92 bits per heavy atom. The molecule has 2 N–H and O–H groups in total. The Morgan fingerprint density at radius 3 is 2.48 bits per heavy atom. The SMILES string of the molecule is C=CCOC(=O)[C@@H]1C(=C)NC(=O)N[C@@H]1c1ccc(N(CC)CC)cc1. The van der Waals surface area contributed by atoms with Gasteiger partial charge in [-0.1, -0.05) is 31.4 Å². The summed E-state index contributed by atoms with van der Waals surface area (Å²) in [4.78, 5) is 26.5. The number of hydrogen-bond acceptors (Lipinski definition) is 4. The molecule has 1 fully saturated rings. The maximum atomic E-state index is 12.4. The van der Waals surface area contributed by atoms with E-state index in [1.807, 2.05) is 24.3 Å². The lowest BCUT2D eigenvalue weighted by molar-refractivity contribution is -0.147. The number of amides is 2. The van der Waals surface area contributed by atoms with Gasteiger partial charge in [0, 0.05) is 24.5 Å². The number of benzene rings is 1. The second kappa shape index (κ2) is 8.37. The van der Waals surface area contributed by atoms with Gasteiger partial charge < -0.3 is 20.3 Å². The second-order valence-electron chi connectivity index (χ2n) is 5.76. The molecule has 0 radical (unpaired) electrons. The molecule has 0 unspecified atom stereocenters. The fourth-order valence-electron chi connectivity index (χ4n) is 2.95. The van der Waals surface area contributed by atoms with E-state index in [1.54, 1.807) is 0 Å². The highest BCUT2D eigenvalue weighted by Crippen LogP contribution is 2.31. The van der Waals surface area contributed by atoms with Crippen molar-refractivity contribution >= 4 is 17.7 Å². The van der Waals surface area contributed by atoms with Crippen molar-refractivity contribution in [2.45, 2.75) is 19.9 Å². The Kier molecular flexibility index (Phi) is 6.22. The Hall–Kier alpha value is -2.76. The van der Waals surface area contributed by atoms with Gasteiger partial charge in [0.25, 0.3) is 0 Å². The fraction of sp³-hybridized carbons (Fsp3) is 0.368. The number of nitrogens with zero attached hydrogens (tertiary/aromatic N) is 1. The molecule has 134 valence electrons. The molecule has 0 bridgehead atoms. The van der Waals surface area contributed by atoms with Crippen LogP contribution in [-0.4, -0.2) is 31.7 Å². The molecule has 1 aromatic carbocycles. The molecular formula is C19H25N3O3. The van der Waals surface area contributed by atoms with Gasteiger partial charge in [0.15, 0.2) is 0 Å². The Labute approximate surface area is 148 Å². The van der Waals surface area contributed by atoms with E-state index in [0.29, 0.717) is 5.70 Å². The Morgan fingerprint density at radius 1 is 1.28 bits per heavy atom. The van der Waals surface area contributed by atoms with Crippen molar-refractivity contribution in [2.75, 3.05) is 24.6 Å². The van der Waals surface area contributed by atoms with Gasteiger partial charge >= 0.3 is 12.0 Å². The van der Waals surface area contributed by atoms with Gasteiger partial charge in [-0.05, 0) is 31.5 Å². The minimum absolute atomic E-state index is 0.115. The third-order valence-electron chi connectivity index (χ3n) is 4.25. The van der Waals surface area contributed by atoms with Gasteiger partial charge in [0.1, 0.15) is 12.5 Å². The van der Waals surface area contributed by atoms with Crippen molar-refractivity contribution < 1.29 is 14.3 Å². The van der Waals surface area contributed by atoms with E-state index in [2.05, 4.69) is 42.5 Å². The summed E-state index contributed by atoms with van der Waals surface area (Å²) in [6, 6.07) is 6.92. The molecule has 0 spiro atoms. The summed E-state index contributed by atoms with van der Waals surface area (Å²) in [5.41, 5.74) is 2.25. The molecule has 1 aliphatic heterocycles. The van der Waals surface area contributed by atoms with Gasteiger partial charge in [-0.2, -0.15) is 0 Å². The normalized spacial score (nSPS) is 19.6. The van der Waals surface area contributed by atoms with Crippen LogP contribution in [0.2, 0.25) is 0 Å². The number of rotatable bonds is 7. The molecule has 2 atom stereocenters. The van der Waals surface area contributed by atoms with Crippen LogP contribution in [0, 0.1) is 5.92 Å². The van der Waals surface area contributed by atoms with Crippen LogP contribution in [0.3, 0.4) is 0 Å². The molecule has 6 nitrogen and oxygen atoms in total. The predicted molar refractivity (Wildman–Crippen MR) is 98.2 cm³/mol. The first-order valence-electron chi connectivity index (χ1n) is 8.40. The number of anilines is 1. The Bertz CT molecular complexity index is 650. The zero-order valence-corrected chi connectivity index (χ0v) is 14.7. The molecule has 2 amide bonds. The maximum absolute atomic E-state index is 12.4. The summed E-state index contributed by atoms with van der Waals surface area (Å²) in [6.45, 7) is 13.5. The molecule has 0 aromatic heterocycles. The van der Waals surface area contributed by atoms with E-state index in [-0.39, 0.29) is 12.6 Å². The number of ether oxygens (including phenoxy) is 1. The maximum Gasteiger partial charge on any atom is 0.319 e. The second-order valence-corrected chi connectivity index (χ2v) is 5.76. The molecule has 1 aliphatic rings. The van der Waals surface area contributed by atoms with Gasteiger partial charge in [-0.25, -0.2) is 4.79 Å². The molecule has 25 heavy (non-hydrogen) atoms. The summed E-state index contributed by atoms with van der Waals surface area (Å²) in [5.74, 6) is -1.15. The largest absolute Gasteiger partial charge is 0.461 e. The van der Waals surface area contributed by atoms with Crippen molar-refractivity contribution in [3.05, 3.63) is 54.8 Å². The predicted octanol–water partition coefficient (Wildman–Crippen LogP) is 2.75. The minimum Gasteiger partial charge on any atom is -0.461 e. The van der Waals surface area contributed by atoms with Crippen LogP contribution < -0.4 is 15.5 Å². The first kappa shape index (κ1) is 18.6. The number of carbonyl (C=O) groups excluding carboxylic acids is 2. The van der Waals surface area contributed by atoms with Gasteiger partial charge in [0.2, 0.25) is 0 Å². The number of nitrogens with one attached hydrogen (secondary N) is 2. The van der Waals surface area contributed by atoms with Crippen LogP contribution >= 0.6 is 0 Å². The van der Waals surface area contributed by atoms with E-state index in [9.17, 15) is 9.59 Å². The van der Waals surface area contributed by atoms with Crippen LogP contribution in [0.4, 0.5) is 10.5 Å². The summed E-state index contributed by atoms with van der Waals surface area (Å²) in [5, 5.41) is 5.35. The molecule has 0 saturated carbocycles. The van der Waals surface area contributed by atoms with Crippen LogP contribution in [-0.2, 0) is 9.53 Å². The van der Waals surface area contributed by atoms with E-state index in [0.717, 1.165) is 24.3 Å². The first-order chi connectivity index (χ1) is 12.0. The summed E-state index contributed by atoms with van der Waals surface area (Å²) in [7, 11) is 0. The summed E-state index contributed by atoms with van der Waals surface area (Å²) >= 11 is 0. The monoisotopic (exact) mass is 343 g/mol. The molecule has 2 rings (SSSR count). The molecule has 6 heteroatoms. The number of hydrogen-bond donors (Lipinski definition) is 2. The molecular weight excluding hydrogens is 318 g/mol. The quantitative estimate of drug-likeness (QED) is 0.590. The fourth-order valence-corrected chi connectivity index (χ4v) is 2.95. The van der Waals surface area contributed by atoms with Crippen molar-refractivity contribution in [1.29, 1.82) is 0 Å². The smallest absolute Gasteiger partial charge is 0.319 e. The molecule has 1 aromatic rings. The van der Waals surface area contributed by atoms with Gasteiger partial charge in [-0.15, -0.1) is 0 Å². The third kappa shape index (κ3) is 4.21. The standard InChI is InChI=1S/C19H25N3O3/c1-5-12-25-18(23)16-13(4)20-19(24)21-17(16)14-8-10-15(11-9-14)22(6-2)7-3/h5,8-11,16-17H,1,4,6-7,12H2,2-3H3,(H2,20,21,24)/t16-,17-/m1/s1. The number of urea groups is 1. The lowest BCUT2D eigenvalue weighted by Crippen LogP contribution is -2.51. The summed E-state index contributed by atoms with van der Waals surface area (Å²) in [6.07, 6.45) is 1.50. The van der Waals surface area contributed by atoms with Crippen LogP contribution in [0.1, 0.15) is 25.5 Å². The van der Waals surface area contributed by atoms with E-state index >= 15 is 0 Å². The lowest BCUT2D eigenvalue weighted by atomic mass is 9.89. The number of esters is 1. The lowest BCUT2D eigenvalue weighted by Gasteiger charge is -2.33. The summed E-state index contributed by atoms with van der Waals surface area (Å²) < 4.78 is 5.17. The van der Waals surface area contributed by atoms with Crippen molar-refractivity contribution in [3.8, 4) is 0 Å². The average Bonchev–Trinajstić information content (AvgIpc) is 2.60. The molecule has 1 saturated heterocycles. The van der Waals surface area contributed by atoms with Crippen molar-refractivity contribution in [1.82, 2.24) is 10.6 Å². The van der Waals surface area contributed by atoms with Crippen LogP contribution in [0.25, 0.3) is 0 Å². The highest BCUT2D eigenvalue weighted by molar-refractivity contribution is 5.85. The number of carbonyl (C=O) groups is 2. The van der Waals surface area contributed by atoms with Crippen molar-refractivity contribution in [2.24, 2.45) is 5.92 Å². The van der Waals surface area contributed by atoms with Crippen LogP contribution in [0.15, 0.2) is 49.2 Å².